The van der Waals surface area contributed by atoms with Crippen molar-refractivity contribution in [2.75, 3.05) is 6.61 Å². The molecule has 0 heterocycles. The van der Waals surface area contributed by atoms with Gasteiger partial charge in [-0.1, -0.05) is 39.7 Å². The molecule has 1 N–H and O–H groups in total. The number of carbonyl (C=O) groups is 1. The summed E-state index contributed by atoms with van der Waals surface area (Å²) in [5.41, 5.74) is 0.866. The number of ether oxygens (including phenoxy) is 1. The van der Waals surface area contributed by atoms with E-state index >= 15 is 0 Å². The zero-order valence-electron chi connectivity index (χ0n) is 9.54. The Kier molecular flexibility index (Phi) is 6.05. The van der Waals surface area contributed by atoms with Gasteiger partial charge in [0.1, 0.15) is 5.82 Å². The fourth-order valence-corrected chi connectivity index (χ4v) is 1.69. The lowest BCUT2D eigenvalue weighted by Crippen LogP contribution is -2.25. The first-order chi connectivity index (χ1) is 8.42. The Morgan fingerprint density at radius 2 is 2.06 bits per heavy atom. The van der Waals surface area contributed by atoms with Crippen LogP contribution in [-0.4, -0.2) is 21.5 Å². The standard InChI is InChI=1S/C12H13BrClFO3/c13-12(14,11(16)17)6-1-7-18-8-9-2-4-10(15)5-3-9/h2-5H,1,6-8H2,(H,16,17). The number of aliphatic carboxylic acids is 1. The van der Waals surface area contributed by atoms with Crippen molar-refractivity contribution in [1.82, 2.24) is 0 Å². The highest BCUT2D eigenvalue weighted by Crippen LogP contribution is 2.29. The second-order valence-electron chi connectivity index (χ2n) is 3.79. The molecule has 0 saturated carbocycles. The van der Waals surface area contributed by atoms with Gasteiger partial charge in [-0.25, -0.2) is 9.18 Å². The van der Waals surface area contributed by atoms with Crippen molar-refractivity contribution in [1.29, 1.82) is 0 Å². The second kappa shape index (κ2) is 7.07. The molecule has 1 rings (SSSR count). The highest BCUT2D eigenvalue weighted by atomic mass is 79.9. The van der Waals surface area contributed by atoms with Crippen LogP contribution in [-0.2, 0) is 16.1 Å². The third kappa shape index (κ3) is 5.33. The Bertz CT molecular complexity index is 395. The zero-order chi connectivity index (χ0) is 13.6. The molecular weight excluding hydrogens is 326 g/mol. The van der Waals surface area contributed by atoms with Gasteiger partial charge in [0.15, 0.2) is 3.78 Å². The summed E-state index contributed by atoms with van der Waals surface area (Å²) in [4.78, 5) is 10.7. The summed E-state index contributed by atoms with van der Waals surface area (Å²) in [6.07, 6.45) is 0.773. The number of hydrogen-bond acceptors (Lipinski definition) is 2. The van der Waals surface area contributed by atoms with Crippen molar-refractivity contribution in [3.8, 4) is 0 Å². The van der Waals surface area contributed by atoms with Gasteiger partial charge in [0, 0.05) is 6.61 Å². The Hall–Kier alpha value is -0.650. The van der Waals surface area contributed by atoms with E-state index < -0.39 is 9.75 Å². The van der Waals surface area contributed by atoms with Crippen LogP contribution in [0.4, 0.5) is 4.39 Å². The molecule has 0 aliphatic heterocycles. The topological polar surface area (TPSA) is 46.5 Å². The third-order valence-electron chi connectivity index (χ3n) is 2.27. The van der Waals surface area contributed by atoms with Crippen LogP contribution in [0.5, 0.6) is 0 Å². The molecule has 100 valence electrons. The monoisotopic (exact) mass is 338 g/mol. The van der Waals surface area contributed by atoms with Crippen LogP contribution in [0.1, 0.15) is 18.4 Å². The number of carboxylic acid groups (broad SMARTS) is 1. The molecule has 0 aliphatic carbocycles. The Balaban J connectivity index is 2.20. The molecule has 1 atom stereocenters. The van der Waals surface area contributed by atoms with Crippen LogP contribution in [0, 0.1) is 5.82 Å². The largest absolute Gasteiger partial charge is 0.479 e. The Morgan fingerprint density at radius 3 is 2.61 bits per heavy atom. The van der Waals surface area contributed by atoms with Gasteiger partial charge >= 0.3 is 5.97 Å². The summed E-state index contributed by atoms with van der Waals surface area (Å²) in [5, 5.41) is 8.75. The number of rotatable bonds is 7. The van der Waals surface area contributed by atoms with Crippen LogP contribution in [0.2, 0.25) is 0 Å². The molecule has 1 unspecified atom stereocenters. The Labute approximate surface area is 118 Å². The van der Waals surface area contributed by atoms with E-state index in [-0.39, 0.29) is 12.2 Å². The van der Waals surface area contributed by atoms with Crippen LogP contribution < -0.4 is 0 Å². The minimum absolute atomic E-state index is 0.257. The van der Waals surface area contributed by atoms with E-state index in [2.05, 4.69) is 15.9 Å². The first-order valence-corrected chi connectivity index (χ1v) is 6.52. The molecule has 0 fully saturated rings. The maximum atomic E-state index is 12.6. The molecule has 1 aromatic rings. The van der Waals surface area contributed by atoms with Crippen LogP contribution >= 0.6 is 27.5 Å². The first kappa shape index (κ1) is 15.4. The minimum atomic E-state index is -1.42. The summed E-state index contributed by atoms with van der Waals surface area (Å²) in [6.45, 7) is 0.760. The second-order valence-corrected chi connectivity index (χ2v) is 6.25. The maximum absolute atomic E-state index is 12.6. The molecule has 0 bridgehead atoms. The number of hydrogen-bond donors (Lipinski definition) is 1. The van der Waals surface area contributed by atoms with Gasteiger partial charge in [0.2, 0.25) is 0 Å². The summed E-state index contributed by atoms with van der Waals surface area (Å²) >= 11 is 8.62. The molecule has 0 saturated heterocycles. The van der Waals surface area contributed by atoms with Crippen molar-refractivity contribution in [3.05, 3.63) is 35.6 Å². The molecule has 0 radical (unpaired) electrons. The van der Waals surface area contributed by atoms with Crippen molar-refractivity contribution in [2.24, 2.45) is 0 Å². The lowest BCUT2D eigenvalue weighted by molar-refractivity contribution is -0.137. The van der Waals surface area contributed by atoms with E-state index in [1.54, 1.807) is 12.1 Å². The van der Waals surface area contributed by atoms with E-state index in [9.17, 15) is 9.18 Å². The van der Waals surface area contributed by atoms with Crippen LogP contribution in [0.15, 0.2) is 24.3 Å². The fraction of sp³-hybridized carbons (Fsp3) is 0.417. The molecule has 18 heavy (non-hydrogen) atoms. The highest BCUT2D eigenvalue weighted by Gasteiger charge is 2.31. The number of carboxylic acids is 1. The van der Waals surface area contributed by atoms with Crippen molar-refractivity contribution in [2.45, 2.75) is 23.2 Å². The van der Waals surface area contributed by atoms with Crippen LogP contribution in [0.3, 0.4) is 0 Å². The van der Waals surface area contributed by atoms with Gasteiger partial charge < -0.3 is 9.84 Å². The predicted octanol–water partition coefficient (Wildman–Crippen LogP) is 3.54. The predicted molar refractivity (Wildman–Crippen MR) is 70.4 cm³/mol. The molecule has 0 amide bonds. The SMILES string of the molecule is O=C(O)C(Cl)(Br)CCCOCc1ccc(F)cc1. The quantitative estimate of drug-likeness (QED) is 0.610. The number of halogens is 3. The molecule has 3 nitrogen and oxygen atoms in total. The van der Waals surface area contributed by atoms with Crippen molar-refractivity contribution < 1.29 is 19.0 Å². The lowest BCUT2D eigenvalue weighted by Gasteiger charge is -2.13. The van der Waals surface area contributed by atoms with E-state index in [0.29, 0.717) is 19.6 Å². The summed E-state index contributed by atoms with van der Waals surface area (Å²) in [7, 11) is 0. The molecule has 0 aliphatic rings. The van der Waals surface area contributed by atoms with Crippen LogP contribution in [0.25, 0.3) is 0 Å². The number of benzene rings is 1. The van der Waals surface area contributed by atoms with E-state index in [4.69, 9.17) is 21.4 Å². The average Bonchev–Trinajstić information content (AvgIpc) is 2.31. The first-order valence-electron chi connectivity index (χ1n) is 5.35. The van der Waals surface area contributed by atoms with Gasteiger partial charge in [-0.3, -0.25) is 0 Å². The normalized spacial score (nSPS) is 14.2. The molecular formula is C12H13BrClFO3. The van der Waals surface area contributed by atoms with Gasteiger partial charge in [0.05, 0.1) is 6.61 Å². The van der Waals surface area contributed by atoms with Gasteiger partial charge in [-0.2, -0.15) is 0 Å². The molecule has 1 aromatic carbocycles. The molecule has 0 aromatic heterocycles. The van der Waals surface area contributed by atoms with E-state index in [0.717, 1.165) is 5.56 Å². The summed E-state index contributed by atoms with van der Waals surface area (Å²) < 4.78 is 16.5. The van der Waals surface area contributed by atoms with Crippen molar-refractivity contribution >= 4 is 33.5 Å². The smallest absolute Gasteiger partial charge is 0.335 e. The molecule has 0 spiro atoms. The minimum Gasteiger partial charge on any atom is -0.479 e. The average molecular weight is 340 g/mol. The highest BCUT2D eigenvalue weighted by molar-refractivity contribution is 9.10. The maximum Gasteiger partial charge on any atom is 0.335 e. The Morgan fingerprint density at radius 1 is 1.44 bits per heavy atom. The van der Waals surface area contributed by atoms with Gasteiger partial charge in [-0.15, -0.1) is 0 Å². The summed E-state index contributed by atoms with van der Waals surface area (Å²) in [5.74, 6) is -1.39. The lowest BCUT2D eigenvalue weighted by atomic mass is 10.2. The zero-order valence-corrected chi connectivity index (χ0v) is 11.9. The van der Waals surface area contributed by atoms with Gasteiger partial charge in [0.25, 0.3) is 0 Å². The summed E-state index contributed by atoms with van der Waals surface area (Å²) in [6, 6.07) is 6.02. The van der Waals surface area contributed by atoms with Gasteiger partial charge in [-0.05, 0) is 30.5 Å². The van der Waals surface area contributed by atoms with Crippen molar-refractivity contribution in [3.63, 3.8) is 0 Å². The number of alkyl halides is 2. The third-order valence-corrected chi connectivity index (χ3v) is 3.36. The fourth-order valence-electron chi connectivity index (χ4n) is 1.27. The molecule has 6 heteroatoms. The van der Waals surface area contributed by atoms with E-state index in [1.165, 1.54) is 12.1 Å². The van der Waals surface area contributed by atoms with E-state index in [1.807, 2.05) is 0 Å².